The van der Waals surface area contributed by atoms with Crippen LogP contribution in [0.5, 0.6) is 0 Å². The van der Waals surface area contributed by atoms with E-state index in [1.165, 1.54) is 128 Å². The number of quaternary nitrogens is 1. The van der Waals surface area contributed by atoms with Crippen LogP contribution in [0.1, 0.15) is 142 Å². The van der Waals surface area contributed by atoms with Gasteiger partial charge in [0.2, 0.25) is 0 Å². The van der Waals surface area contributed by atoms with Crippen molar-refractivity contribution in [2.45, 2.75) is 136 Å². The van der Waals surface area contributed by atoms with E-state index in [0.717, 1.165) is 17.6 Å². The van der Waals surface area contributed by atoms with Gasteiger partial charge in [-0.15, -0.1) is 0 Å². The molecule has 1 aromatic rings. The van der Waals surface area contributed by atoms with E-state index in [1.807, 2.05) is 0 Å². The minimum Gasteiger partial charge on any atom is -0.326 e. The van der Waals surface area contributed by atoms with E-state index in [0.29, 0.717) is 6.04 Å². The van der Waals surface area contributed by atoms with E-state index in [2.05, 4.69) is 51.1 Å². The highest BCUT2D eigenvalue weighted by atomic mass is 15.4. The molecule has 2 nitrogen and oxygen atoms in total. The molecule has 0 radical (unpaired) electrons. The highest BCUT2D eigenvalue weighted by molar-refractivity contribution is 5.17. The Morgan fingerprint density at radius 3 is 1.42 bits per heavy atom. The van der Waals surface area contributed by atoms with Crippen molar-refractivity contribution in [3.63, 3.8) is 0 Å². The predicted molar refractivity (Wildman–Crippen MR) is 149 cm³/mol. The molecule has 0 saturated heterocycles. The second-order valence-corrected chi connectivity index (χ2v) is 10.4. The Kier molecular flexibility index (Phi) is 18.7. The molecule has 192 valence electrons. The maximum atomic E-state index is 6.06. The van der Waals surface area contributed by atoms with Crippen LogP contribution < -0.4 is 5.73 Å². The number of nitrogens with two attached hydrogens (primary N) is 1. The molecule has 0 saturated carbocycles. The molecule has 0 aromatic heterocycles. The lowest BCUT2D eigenvalue weighted by molar-refractivity contribution is -0.953. The SMILES string of the molecule is CCCCCCCCCCCCCCCCCCC(c1ccccc1)[N+](CC)(CC)CCN. The van der Waals surface area contributed by atoms with Gasteiger partial charge < -0.3 is 10.2 Å². The summed E-state index contributed by atoms with van der Waals surface area (Å²) in [5.41, 5.74) is 7.57. The minimum absolute atomic E-state index is 0.594. The molecule has 2 N–H and O–H groups in total. The van der Waals surface area contributed by atoms with Gasteiger partial charge in [-0.05, 0) is 20.3 Å². The van der Waals surface area contributed by atoms with E-state index in [-0.39, 0.29) is 0 Å². The Labute approximate surface area is 208 Å². The van der Waals surface area contributed by atoms with E-state index >= 15 is 0 Å². The van der Waals surface area contributed by atoms with Gasteiger partial charge in [0.25, 0.3) is 0 Å². The zero-order valence-corrected chi connectivity index (χ0v) is 22.8. The maximum absolute atomic E-state index is 6.06. The van der Waals surface area contributed by atoms with Crippen LogP contribution in [0, 0.1) is 0 Å². The first-order chi connectivity index (χ1) is 16.2. The lowest BCUT2D eigenvalue weighted by Crippen LogP contribution is -2.53. The minimum atomic E-state index is 0.594. The molecule has 0 heterocycles. The molecular formula is C31H59N2+. The van der Waals surface area contributed by atoms with Crippen LogP contribution in [0.2, 0.25) is 0 Å². The maximum Gasteiger partial charge on any atom is 0.115 e. The molecule has 2 heteroatoms. The molecule has 1 aromatic carbocycles. The quantitative estimate of drug-likeness (QED) is 0.128. The normalized spacial score (nSPS) is 12.8. The summed E-state index contributed by atoms with van der Waals surface area (Å²) in [5.74, 6) is 0. The monoisotopic (exact) mass is 459 g/mol. The lowest BCUT2D eigenvalue weighted by atomic mass is 9.95. The number of hydrogen-bond acceptors (Lipinski definition) is 1. The standard InChI is InChI=1S/C31H59N2/c1-4-7-8-9-10-11-12-13-14-15-16-17-18-19-20-24-27-31(30-25-22-21-23-26-30)33(5-2,6-3)29-28-32/h21-23,25-26,31H,4-20,24,27-29,32H2,1-3H3/q+1. The second-order valence-electron chi connectivity index (χ2n) is 10.4. The van der Waals surface area contributed by atoms with Gasteiger partial charge >= 0.3 is 0 Å². The van der Waals surface area contributed by atoms with Crippen LogP contribution in [0.4, 0.5) is 0 Å². The van der Waals surface area contributed by atoms with Crippen molar-refractivity contribution in [3.05, 3.63) is 35.9 Å². The molecule has 0 amide bonds. The summed E-state index contributed by atoms with van der Waals surface area (Å²) in [4.78, 5) is 0. The third-order valence-corrected chi connectivity index (χ3v) is 8.01. The summed E-state index contributed by atoms with van der Waals surface area (Å²) in [6.07, 6.45) is 24.3. The Morgan fingerprint density at radius 2 is 1.03 bits per heavy atom. The topological polar surface area (TPSA) is 26.0 Å². The Morgan fingerprint density at radius 1 is 0.606 bits per heavy atom. The first kappa shape index (κ1) is 30.2. The van der Waals surface area contributed by atoms with Crippen molar-refractivity contribution >= 4 is 0 Å². The smallest absolute Gasteiger partial charge is 0.115 e. The van der Waals surface area contributed by atoms with Crippen LogP contribution in [0.25, 0.3) is 0 Å². The molecule has 0 spiro atoms. The number of benzene rings is 1. The number of likely N-dealkylation sites (N-methyl/N-ethyl adjacent to an activating group) is 1. The molecule has 0 aliphatic heterocycles. The number of nitrogens with zero attached hydrogens (tertiary/aromatic N) is 1. The van der Waals surface area contributed by atoms with Crippen molar-refractivity contribution in [2.24, 2.45) is 5.73 Å². The van der Waals surface area contributed by atoms with Gasteiger partial charge in [0.05, 0.1) is 19.6 Å². The fraction of sp³-hybridized carbons (Fsp3) is 0.806. The van der Waals surface area contributed by atoms with Crippen LogP contribution in [0.15, 0.2) is 30.3 Å². The highest BCUT2D eigenvalue weighted by Crippen LogP contribution is 2.33. The van der Waals surface area contributed by atoms with Gasteiger partial charge in [-0.3, -0.25) is 0 Å². The number of unbranched alkanes of at least 4 members (excludes halogenated alkanes) is 15. The Balaban J connectivity index is 2.16. The molecule has 1 unspecified atom stereocenters. The molecule has 0 aliphatic carbocycles. The average Bonchev–Trinajstić information content (AvgIpc) is 2.85. The lowest BCUT2D eigenvalue weighted by Gasteiger charge is -2.44. The number of rotatable bonds is 23. The second kappa shape index (κ2) is 20.5. The zero-order chi connectivity index (χ0) is 24.0. The van der Waals surface area contributed by atoms with Crippen LogP contribution in [-0.4, -0.2) is 30.7 Å². The fourth-order valence-corrected chi connectivity index (χ4v) is 5.71. The molecule has 33 heavy (non-hydrogen) atoms. The summed E-state index contributed by atoms with van der Waals surface area (Å²) >= 11 is 0. The van der Waals surface area contributed by atoms with E-state index in [4.69, 9.17) is 5.73 Å². The average molecular weight is 460 g/mol. The predicted octanol–water partition coefficient (Wildman–Crippen LogP) is 9.19. The van der Waals surface area contributed by atoms with Gasteiger partial charge in [0, 0.05) is 18.5 Å². The summed E-state index contributed by atoms with van der Waals surface area (Å²) in [6, 6.07) is 11.8. The fourth-order valence-electron chi connectivity index (χ4n) is 5.71. The summed E-state index contributed by atoms with van der Waals surface area (Å²) < 4.78 is 1.14. The van der Waals surface area contributed by atoms with Crippen molar-refractivity contribution in [1.29, 1.82) is 0 Å². The molecule has 0 aliphatic rings. The summed E-state index contributed by atoms with van der Waals surface area (Å²) in [5, 5.41) is 0. The first-order valence-corrected chi connectivity index (χ1v) is 14.8. The van der Waals surface area contributed by atoms with E-state index in [1.54, 1.807) is 0 Å². The third-order valence-electron chi connectivity index (χ3n) is 8.01. The van der Waals surface area contributed by atoms with Gasteiger partial charge in [0.15, 0.2) is 0 Å². The largest absolute Gasteiger partial charge is 0.326 e. The van der Waals surface area contributed by atoms with Gasteiger partial charge in [0.1, 0.15) is 6.04 Å². The Bertz CT molecular complexity index is 523. The van der Waals surface area contributed by atoms with Gasteiger partial charge in [-0.2, -0.15) is 0 Å². The van der Waals surface area contributed by atoms with Crippen LogP contribution >= 0.6 is 0 Å². The van der Waals surface area contributed by atoms with Gasteiger partial charge in [-0.25, -0.2) is 0 Å². The highest BCUT2D eigenvalue weighted by Gasteiger charge is 2.33. The summed E-state index contributed by atoms with van der Waals surface area (Å²) in [7, 11) is 0. The molecular weight excluding hydrogens is 400 g/mol. The molecule has 0 bridgehead atoms. The van der Waals surface area contributed by atoms with Crippen molar-refractivity contribution in [1.82, 2.24) is 0 Å². The summed E-state index contributed by atoms with van der Waals surface area (Å²) in [6.45, 7) is 11.2. The van der Waals surface area contributed by atoms with Crippen molar-refractivity contribution in [3.8, 4) is 0 Å². The van der Waals surface area contributed by atoms with Crippen molar-refractivity contribution < 1.29 is 4.48 Å². The molecule has 0 fully saturated rings. The van der Waals surface area contributed by atoms with Crippen LogP contribution in [0.3, 0.4) is 0 Å². The van der Waals surface area contributed by atoms with E-state index in [9.17, 15) is 0 Å². The molecule has 1 rings (SSSR count). The molecule has 1 atom stereocenters. The zero-order valence-electron chi connectivity index (χ0n) is 22.8. The third kappa shape index (κ3) is 13.0. The van der Waals surface area contributed by atoms with E-state index < -0.39 is 0 Å². The number of hydrogen-bond donors (Lipinski definition) is 1. The van der Waals surface area contributed by atoms with Crippen molar-refractivity contribution in [2.75, 3.05) is 26.2 Å². The Hall–Kier alpha value is -0.860. The van der Waals surface area contributed by atoms with Gasteiger partial charge in [-0.1, -0.05) is 134 Å². The van der Waals surface area contributed by atoms with Crippen LogP contribution in [-0.2, 0) is 0 Å². The first-order valence-electron chi connectivity index (χ1n) is 14.8.